The molecule has 3 aromatic rings. The molecule has 5 heteroatoms. The molecule has 1 aliphatic heterocycles. The van der Waals surface area contributed by atoms with Crippen molar-refractivity contribution in [3.05, 3.63) is 58.1 Å². The van der Waals surface area contributed by atoms with E-state index in [0.717, 1.165) is 18.5 Å². The molecule has 100 valence electrons. The standard InChI is InChI=1S/C15H13N3OS/c1-2-4-12-10(3-1)5-7-16-13(12)15-17-14(18-19-15)11-6-8-20-9-11/h1-4,6,8-9,13,16H,5,7H2. The van der Waals surface area contributed by atoms with Crippen LogP contribution in [0.15, 0.2) is 45.6 Å². The minimum atomic E-state index is -0.000152. The van der Waals surface area contributed by atoms with Gasteiger partial charge in [-0.05, 0) is 29.0 Å². The molecular formula is C15H13N3OS. The summed E-state index contributed by atoms with van der Waals surface area (Å²) in [5.74, 6) is 1.30. The van der Waals surface area contributed by atoms with Gasteiger partial charge in [0.25, 0.3) is 0 Å². The van der Waals surface area contributed by atoms with Gasteiger partial charge in [-0.15, -0.1) is 0 Å². The molecule has 0 aliphatic carbocycles. The zero-order valence-electron chi connectivity index (χ0n) is 10.7. The van der Waals surface area contributed by atoms with E-state index in [2.05, 4.69) is 39.7 Å². The van der Waals surface area contributed by atoms with Crippen LogP contribution in [0.2, 0.25) is 0 Å². The number of thiophene rings is 1. The molecule has 0 saturated carbocycles. The molecular weight excluding hydrogens is 270 g/mol. The van der Waals surface area contributed by atoms with Gasteiger partial charge in [-0.1, -0.05) is 29.4 Å². The average molecular weight is 283 g/mol. The van der Waals surface area contributed by atoms with Crippen LogP contribution in [0.4, 0.5) is 0 Å². The van der Waals surface area contributed by atoms with Gasteiger partial charge >= 0.3 is 0 Å². The highest BCUT2D eigenvalue weighted by Gasteiger charge is 2.26. The Bertz CT molecular complexity index is 720. The smallest absolute Gasteiger partial charge is 0.248 e. The maximum atomic E-state index is 5.47. The summed E-state index contributed by atoms with van der Waals surface area (Å²) < 4.78 is 5.47. The molecule has 0 saturated heterocycles. The third-order valence-corrected chi connectivity index (χ3v) is 4.26. The predicted octanol–water partition coefficient (Wildman–Crippen LogP) is 3.03. The fourth-order valence-electron chi connectivity index (χ4n) is 2.59. The lowest BCUT2D eigenvalue weighted by molar-refractivity contribution is 0.344. The molecule has 0 fully saturated rings. The summed E-state index contributed by atoms with van der Waals surface area (Å²) in [5, 5.41) is 11.6. The van der Waals surface area contributed by atoms with E-state index in [1.807, 2.05) is 16.8 Å². The number of nitrogens with one attached hydrogen (secondary N) is 1. The van der Waals surface area contributed by atoms with E-state index in [9.17, 15) is 0 Å². The average Bonchev–Trinajstić information content (AvgIpc) is 3.17. The largest absolute Gasteiger partial charge is 0.337 e. The number of nitrogens with zero attached hydrogens (tertiary/aromatic N) is 2. The van der Waals surface area contributed by atoms with Crippen LogP contribution in [0, 0.1) is 0 Å². The monoisotopic (exact) mass is 283 g/mol. The minimum Gasteiger partial charge on any atom is -0.337 e. The molecule has 0 spiro atoms. The summed E-state index contributed by atoms with van der Waals surface area (Å²) in [7, 11) is 0. The topological polar surface area (TPSA) is 51.0 Å². The molecule has 4 rings (SSSR count). The maximum Gasteiger partial charge on any atom is 0.248 e. The van der Waals surface area contributed by atoms with Crippen molar-refractivity contribution in [2.24, 2.45) is 0 Å². The van der Waals surface area contributed by atoms with Crippen LogP contribution >= 0.6 is 11.3 Å². The molecule has 2 aromatic heterocycles. The Labute approximate surface area is 120 Å². The van der Waals surface area contributed by atoms with Crippen molar-refractivity contribution in [3.63, 3.8) is 0 Å². The van der Waals surface area contributed by atoms with E-state index in [1.165, 1.54) is 11.1 Å². The van der Waals surface area contributed by atoms with E-state index in [1.54, 1.807) is 11.3 Å². The molecule has 20 heavy (non-hydrogen) atoms. The van der Waals surface area contributed by atoms with Crippen LogP contribution in [0.25, 0.3) is 11.4 Å². The van der Waals surface area contributed by atoms with Crippen molar-refractivity contribution < 1.29 is 4.52 Å². The Kier molecular flexibility index (Phi) is 2.86. The molecule has 1 aromatic carbocycles. The van der Waals surface area contributed by atoms with Crippen LogP contribution in [0.1, 0.15) is 23.1 Å². The van der Waals surface area contributed by atoms with Gasteiger partial charge in [0.05, 0.1) is 0 Å². The van der Waals surface area contributed by atoms with Crippen LogP contribution in [0.3, 0.4) is 0 Å². The number of hydrogen-bond acceptors (Lipinski definition) is 5. The lowest BCUT2D eigenvalue weighted by atomic mass is 9.94. The molecule has 1 unspecified atom stereocenters. The first-order valence-corrected chi connectivity index (χ1v) is 7.53. The Morgan fingerprint density at radius 1 is 1.25 bits per heavy atom. The van der Waals surface area contributed by atoms with Gasteiger partial charge in [0, 0.05) is 17.5 Å². The van der Waals surface area contributed by atoms with E-state index in [4.69, 9.17) is 4.52 Å². The zero-order valence-corrected chi connectivity index (χ0v) is 11.6. The minimum absolute atomic E-state index is 0.000152. The van der Waals surface area contributed by atoms with Gasteiger partial charge in [0.1, 0.15) is 6.04 Å². The summed E-state index contributed by atoms with van der Waals surface area (Å²) in [5.41, 5.74) is 3.60. The molecule has 0 bridgehead atoms. The van der Waals surface area contributed by atoms with Crippen LogP contribution in [0.5, 0.6) is 0 Å². The Morgan fingerprint density at radius 2 is 2.20 bits per heavy atom. The lowest BCUT2D eigenvalue weighted by Crippen LogP contribution is -2.30. The maximum absolute atomic E-state index is 5.47. The van der Waals surface area contributed by atoms with E-state index in [0.29, 0.717) is 11.7 Å². The summed E-state index contributed by atoms with van der Waals surface area (Å²) in [4.78, 5) is 4.54. The molecule has 4 nitrogen and oxygen atoms in total. The van der Waals surface area contributed by atoms with E-state index >= 15 is 0 Å². The van der Waals surface area contributed by atoms with Gasteiger partial charge in [-0.3, -0.25) is 0 Å². The van der Waals surface area contributed by atoms with Crippen LogP contribution in [-0.4, -0.2) is 16.7 Å². The number of hydrogen-bond donors (Lipinski definition) is 1. The number of aromatic nitrogens is 2. The van der Waals surface area contributed by atoms with Crippen molar-refractivity contribution in [1.29, 1.82) is 0 Å². The fraction of sp³-hybridized carbons (Fsp3) is 0.200. The molecule has 0 radical (unpaired) electrons. The van der Waals surface area contributed by atoms with Gasteiger partial charge < -0.3 is 9.84 Å². The first kappa shape index (κ1) is 11.8. The number of rotatable bonds is 2. The van der Waals surface area contributed by atoms with Crippen molar-refractivity contribution in [3.8, 4) is 11.4 Å². The van der Waals surface area contributed by atoms with E-state index < -0.39 is 0 Å². The van der Waals surface area contributed by atoms with Crippen LogP contribution < -0.4 is 5.32 Å². The van der Waals surface area contributed by atoms with Crippen molar-refractivity contribution in [2.45, 2.75) is 12.5 Å². The normalized spacial score (nSPS) is 17.9. The number of benzene rings is 1. The Morgan fingerprint density at radius 3 is 3.10 bits per heavy atom. The fourth-order valence-corrected chi connectivity index (χ4v) is 3.22. The van der Waals surface area contributed by atoms with Crippen LogP contribution in [-0.2, 0) is 6.42 Å². The Balaban J connectivity index is 1.72. The molecule has 1 aliphatic rings. The highest BCUT2D eigenvalue weighted by atomic mass is 32.1. The number of fused-ring (bicyclic) bond motifs is 1. The second-order valence-electron chi connectivity index (χ2n) is 4.80. The zero-order chi connectivity index (χ0) is 13.4. The van der Waals surface area contributed by atoms with E-state index in [-0.39, 0.29) is 6.04 Å². The SMILES string of the molecule is c1ccc2c(c1)CCNC2c1nc(-c2ccsc2)no1. The quantitative estimate of drug-likeness (QED) is 0.785. The first-order chi connectivity index (χ1) is 9.92. The van der Waals surface area contributed by atoms with Gasteiger partial charge in [-0.2, -0.15) is 16.3 Å². The third kappa shape index (κ3) is 1.95. The molecule has 1 N–H and O–H groups in total. The second kappa shape index (κ2) is 4.85. The first-order valence-electron chi connectivity index (χ1n) is 6.59. The molecule has 0 amide bonds. The summed E-state index contributed by atoms with van der Waals surface area (Å²) in [6.07, 6.45) is 1.04. The summed E-state index contributed by atoms with van der Waals surface area (Å²) in [6.45, 7) is 0.928. The summed E-state index contributed by atoms with van der Waals surface area (Å²) >= 11 is 1.63. The van der Waals surface area contributed by atoms with Crippen molar-refractivity contribution in [2.75, 3.05) is 6.54 Å². The molecule has 1 atom stereocenters. The Hall–Kier alpha value is -1.98. The summed E-state index contributed by atoms with van der Waals surface area (Å²) in [6, 6.07) is 10.4. The molecule has 3 heterocycles. The van der Waals surface area contributed by atoms with Gasteiger partial charge in [0.15, 0.2) is 0 Å². The highest BCUT2D eigenvalue weighted by Crippen LogP contribution is 2.29. The lowest BCUT2D eigenvalue weighted by Gasteiger charge is -2.23. The van der Waals surface area contributed by atoms with Crippen molar-refractivity contribution in [1.82, 2.24) is 15.5 Å². The van der Waals surface area contributed by atoms with Gasteiger partial charge in [0.2, 0.25) is 11.7 Å². The van der Waals surface area contributed by atoms with Gasteiger partial charge in [-0.25, -0.2) is 0 Å². The highest BCUT2D eigenvalue weighted by molar-refractivity contribution is 7.08. The second-order valence-corrected chi connectivity index (χ2v) is 5.58. The predicted molar refractivity (Wildman–Crippen MR) is 77.6 cm³/mol. The third-order valence-electron chi connectivity index (χ3n) is 3.58. The van der Waals surface area contributed by atoms with Crippen molar-refractivity contribution >= 4 is 11.3 Å².